The van der Waals surface area contributed by atoms with Crippen molar-refractivity contribution in [2.45, 2.75) is 63.5 Å². The van der Waals surface area contributed by atoms with E-state index in [-0.39, 0.29) is 5.60 Å². The van der Waals surface area contributed by atoms with Gasteiger partial charge in [-0.3, -0.25) is 0 Å². The number of aromatic nitrogens is 1. The summed E-state index contributed by atoms with van der Waals surface area (Å²) in [5.41, 5.74) is 1.16. The molecule has 0 radical (unpaired) electrons. The van der Waals surface area contributed by atoms with Crippen LogP contribution in [0.5, 0.6) is 0 Å². The topological polar surface area (TPSA) is 34.1 Å². The Bertz CT molecular complexity index is 401. The maximum atomic E-state index is 6.16. The van der Waals surface area contributed by atoms with Crippen LogP contribution in [0.25, 0.3) is 0 Å². The molecular weight excluding hydrogens is 256 g/mol. The quantitative estimate of drug-likeness (QED) is 0.911. The van der Waals surface area contributed by atoms with Crippen LogP contribution in [0.15, 0.2) is 5.38 Å². The summed E-state index contributed by atoms with van der Waals surface area (Å²) >= 11 is 1.81. The first-order valence-electron chi connectivity index (χ1n) is 7.67. The molecule has 106 valence electrons. The third-order valence-electron chi connectivity index (χ3n) is 4.41. The number of rotatable bonds is 4. The van der Waals surface area contributed by atoms with Gasteiger partial charge in [0, 0.05) is 12.0 Å². The monoisotopic (exact) mass is 280 g/mol. The van der Waals surface area contributed by atoms with Crippen molar-refractivity contribution in [2.24, 2.45) is 0 Å². The van der Waals surface area contributed by atoms with Crippen molar-refractivity contribution < 1.29 is 4.74 Å². The molecule has 1 saturated heterocycles. The first kappa shape index (κ1) is 13.5. The van der Waals surface area contributed by atoms with Crippen molar-refractivity contribution in [2.75, 3.05) is 13.2 Å². The lowest BCUT2D eigenvalue weighted by Gasteiger charge is -2.35. The van der Waals surface area contributed by atoms with Gasteiger partial charge in [0.15, 0.2) is 0 Å². The average Bonchev–Trinajstić information content (AvgIpc) is 3.11. The van der Waals surface area contributed by atoms with Gasteiger partial charge in [0.2, 0.25) is 0 Å². The molecule has 0 aromatic carbocycles. The third-order valence-corrected chi connectivity index (χ3v) is 5.46. The van der Waals surface area contributed by atoms with Gasteiger partial charge in [0.05, 0.1) is 11.7 Å². The summed E-state index contributed by atoms with van der Waals surface area (Å²) in [5.74, 6) is 0. The molecule has 19 heavy (non-hydrogen) atoms. The third kappa shape index (κ3) is 2.71. The maximum absolute atomic E-state index is 6.16. The first-order valence-corrected chi connectivity index (χ1v) is 8.55. The lowest BCUT2D eigenvalue weighted by molar-refractivity contribution is -0.0705. The van der Waals surface area contributed by atoms with Crippen LogP contribution in [0.1, 0.15) is 68.6 Å². The van der Waals surface area contributed by atoms with Crippen molar-refractivity contribution in [3.05, 3.63) is 16.1 Å². The van der Waals surface area contributed by atoms with E-state index in [4.69, 9.17) is 9.72 Å². The van der Waals surface area contributed by atoms with Crippen molar-refractivity contribution in [1.82, 2.24) is 10.3 Å². The molecule has 0 spiro atoms. The van der Waals surface area contributed by atoms with Crippen molar-refractivity contribution in [3.63, 3.8) is 0 Å². The summed E-state index contributed by atoms with van der Waals surface area (Å²) in [6.07, 6.45) is 8.68. The molecule has 4 heteroatoms. The van der Waals surface area contributed by atoms with E-state index in [0.717, 1.165) is 26.0 Å². The SMILES string of the molecule is CCOC1(c2nc([C@@H]3CCCN3)cs2)CCCCC1. The molecule has 2 aliphatic rings. The molecule has 0 unspecified atom stereocenters. The predicted octanol–water partition coefficient (Wildman–Crippen LogP) is 3.76. The van der Waals surface area contributed by atoms with E-state index in [1.807, 2.05) is 0 Å². The first-order chi connectivity index (χ1) is 9.34. The number of nitrogens with zero attached hydrogens (tertiary/aromatic N) is 1. The molecule has 1 aliphatic heterocycles. The van der Waals surface area contributed by atoms with E-state index in [1.165, 1.54) is 42.8 Å². The zero-order valence-electron chi connectivity index (χ0n) is 11.8. The second kappa shape index (κ2) is 5.90. The minimum absolute atomic E-state index is 0.0749. The van der Waals surface area contributed by atoms with Crippen LogP contribution >= 0.6 is 11.3 Å². The number of thiazole rings is 1. The Morgan fingerprint density at radius 2 is 2.21 bits per heavy atom. The van der Waals surface area contributed by atoms with Gasteiger partial charge < -0.3 is 10.1 Å². The molecule has 3 nitrogen and oxygen atoms in total. The van der Waals surface area contributed by atoms with Crippen LogP contribution in [0.3, 0.4) is 0 Å². The Morgan fingerprint density at radius 1 is 1.37 bits per heavy atom. The van der Waals surface area contributed by atoms with Crippen molar-refractivity contribution in [1.29, 1.82) is 0 Å². The van der Waals surface area contributed by atoms with Crippen molar-refractivity contribution in [3.8, 4) is 0 Å². The highest BCUT2D eigenvalue weighted by Gasteiger charge is 2.37. The van der Waals surface area contributed by atoms with Crippen LogP contribution in [-0.2, 0) is 10.3 Å². The zero-order chi connectivity index (χ0) is 13.1. The molecule has 2 heterocycles. The Balaban J connectivity index is 1.81. The number of ether oxygens (including phenoxy) is 1. The molecular formula is C15H24N2OS. The molecule has 1 aromatic heterocycles. The molecule has 2 fully saturated rings. The molecule has 0 amide bonds. The fourth-order valence-corrected chi connectivity index (χ4v) is 4.50. The molecule has 1 N–H and O–H groups in total. The Morgan fingerprint density at radius 3 is 2.89 bits per heavy atom. The summed E-state index contributed by atoms with van der Waals surface area (Å²) in [4.78, 5) is 4.94. The van der Waals surface area contributed by atoms with E-state index < -0.39 is 0 Å². The summed E-state index contributed by atoms with van der Waals surface area (Å²) in [6.45, 7) is 4.02. The highest BCUT2D eigenvalue weighted by molar-refractivity contribution is 7.09. The molecule has 3 rings (SSSR count). The molecule has 0 bridgehead atoms. The van der Waals surface area contributed by atoms with Crippen LogP contribution in [0.4, 0.5) is 0 Å². The van der Waals surface area contributed by atoms with Gasteiger partial charge in [-0.15, -0.1) is 11.3 Å². The number of hydrogen-bond donors (Lipinski definition) is 1. The van der Waals surface area contributed by atoms with E-state index >= 15 is 0 Å². The minimum atomic E-state index is -0.0749. The van der Waals surface area contributed by atoms with Gasteiger partial charge in [0.1, 0.15) is 10.6 Å². The summed E-state index contributed by atoms with van der Waals surface area (Å²) in [5, 5.41) is 7.00. The number of nitrogens with one attached hydrogen (secondary N) is 1. The smallest absolute Gasteiger partial charge is 0.125 e. The summed E-state index contributed by atoms with van der Waals surface area (Å²) < 4.78 is 6.16. The van der Waals surface area contributed by atoms with Crippen molar-refractivity contribution >= 4 is 11.3 Å². The van der Waals surface area contributed by atoms with Crippen LogP contribution in [0.2, 0.25) is 0 Å². The molecule has 1 aliphatic carbocycles. The zero-order valence-corrected chi connectivity index (χ0v) is 12.6. The Labute approximate surface area is 119 Å². The highest BCUT2D eigenvalue weighted by atomic mass is 32.1. The van der Waals surface area contributed by atoms with Gasteiger partial charge >= 0.3 is 0 Å². The average molecular weight is 280 g/mol. The largest absolute Gasteiger partial charge is 0.368 e. The maximum Gasteiger partial charge on any atom is 0.125 e. The van der Waals surface area contributed by atoms with Crippen LogP contribution in [-0.4, -0.2) is 18.1 Å². The normalized spacial score (nSPS) is 26.7. The van der Waals surface area contributed by atoms with Gasteiger partial charge in [-0.2, -0.15) is 0 Å². The van der Waals surface area contributed by atoms with Crippen LogP contribution in [0, 0.1) is 0 Å². The Hall–Kier alpha value is -0.450. The van der Waals surface area contributed by atoms with Gasteiger partial charge in [-0.25, -0.2) is 4.98 Å². The van der Waals surface area contributed by atoms with E-state index in [1.54, 1.807) is 11.3 Å². The lowest BCUT2D eigenvalue weighted by Crippen LogP contribution is -2.32. The second-order valence-corrected chi connectivity index (χ2v) is 6.57. The van der Waals surface area contributed by atoms with E-state index in [0.29, 0.717) is 6.04 Å². The molecule has 1 aromatic rings. The summed E-state index contributed by atoms with van der Waals surface area (Å²) in [7, 11) is 0. The fourth-order valence-electron chi connectivity index (χ4n) is 3.41. The minimum Gasteiger partial charge on any atom is -0.368 e. The standard InChI is InChI=1S/C15H24N2OS/c1-2-18-15(8-4-3-5-9-15)14-17-13(11-19-14)12-7-6-10-16-12/h11-12,16H,2-10H2,1H3/t12-/m0/s1. The van der Waals surface area contributed by atoms with Crippen LogP contribution < -0.4 is 5.32 Å². The number of hydrogen-bond acceptors (Lipinski definition) is 4. The predicted molar refractivity (Wildman–Crippen MR) is 78.5 cm³/mol. The summed E-state index contributed by atoms with van der Waals surface area (Å²) in [6, 6.07) is 0.479. The highest BCUT2D eigenvalue weighted by Crippen LogP contribution is 2.42. The second-order valence-electron chi connectivity index (χ2n) is 5.71. The van der Waals surface area contributed by atoms with E-state index in [2.05, 4.69) is 17.6 Å². The fraction of sp³-hybridized carbons (Fsp3) is 0.800. The lowest BCUT2D eigenvalue weighted by atomic mass is 9.85. The molecule has 1 saturated carbocycles. The van der Waals surface area contributed by atoms with Gasteiger partial charge in [-0.05, 0) is 39.2 Å². The van der Waals surface area contributed by atoms with Gasteiger partial charge in [0.25, 0.3) is 0 Å². The van der Waals surface area contributed by atoms with E-state index in [9.17, 15) is 0 Å². The molecule has 1 atom stereocenters. The Kier molecular flexibility index (Phi) is 4.20. The van der Waals surface area contributed by atoms with Gasteiger partial charge in [-0.1, -0.05) is 19.3 Å².